The summed E-state index contributed by atoms with van der Waals surface area (Å²) in [5, 5.41) is 2.85. The summed E-state index contributed by atoms with van der Waals surface area (Å²) < 4.78 is 0. The number of carbonyl (C=O) groups is 2. The zero-order chi connectivity index (χ0) is 16.1. The van der Waals surface area contributed by atoms with Crippen molar-refractivity contribution in [3.63, 3.8) is 0 Å². The molecule has 0 aliphatic rings. The van der Waals surface area contributed by atoms with Crippen LogP contribution >= 0.6 is 0 Å². The minimum Gasteiger partial charge on any atom is -0.325 e. The fraction of sp³-hybridized carbons (Fsp3) is 0.222. The molecule has 0 unspecified atom stereocenters. The number of hydrogen-bond donors (Lipinski definition) is 1. The SMILES string of the molecule is CC(=O)N(CC(=O)Nc1cc(C)cc(C)c1)c1ccccc1. The molecule has 4 nitrogen and oxygen atoms in total. The average Bonchev–Trinajstić information content (AvgIpc) is 2.44. The predicted octanol–water partition coefficient (Wildman–Crippen LogP) is 3.30. The minimum absolute atomic E-state index is 0.00760. The molecule has 2 rings (SSSR count). The molecule has 22 heavy (non-hydrogen) atoms. The molecular weight excluding hydrogens is 276 g/mol. The molecule has 2 aromatic carbocycles. The van der Waals surface area contributed by atoms with Crippen LogP contribution in [0.25, 0.3) is 0 Å². The van der Waals surface area contributed by atoms with Gasteiger partial charge in [0.05, 0.1) is 0 Å². The van der Waals surface area contributed by atoms with E-state index >= 15 is 0 Å². The third-order valence-corrected chi connectivity index (χ3v) is 3.26. The van der Waals surface area contributed by atoms with E-state index in [-0.39, 0.29) is 18.4 Å². The van der Waals surface area contributed by atoms with Crippen molar-refractivity contribution in [2.75, 3.05) is 16.8 Å². The average molecular weight is 296 g/mol. The molecule has 0 saturated carbocycles. The number of benzene rings is 2. The van der Waals surface area contributed by atoms with E-state index in [1.165, 1.54) is 11.8 Å². The van der Waals surface area contributed by atoms with E-state index in [1.54, 1.807) is 0 Å². The van der Waals surface area contributed by atoms with Crippen LogP contribution in [-0.4, -0.2) is 18.4 Å². The third-order valence-electron chi connectivity index (χ3n) is 3.26. The fourth-order valence-electron chi connectivity index (χ4n) is 2.38. The Kier molecular flexibility index (Phi) is 4.94. The summed E-state index contributed by atoms with van der Waals surface area (Å²) in [6.07, 6.45) is 0. The van der Waals surface area contributed by atoms with Crippen LogP contribution in [0.15, 0.2) is 48.5 Å². The number of nitrogens with one attached hydrogen (secondary N) is 1. The standard InChI is InChI=1S/C18H20N2O2/c1-13-9-14(2)11-16(10-13)19-18(22)12-20(15(3)21)17-7-5-4-6-8-17/h4-11H,12H2,1-3H3,(H,19,22). The molecule has 0 bridgehead atoms. The lowest BCUT2D eigenvalue weighted by molar-refractivity contribution is -0.120. The van der Waals surface area contributed by atoms with Crippen molar-refractivity contribution in [3.05, 3.63) is 59.7 Å². The van der Waals surface area contributed by atoms with Gasteiger partial charge in [-0.1, -0.05) is 24.3 Å². The summed E-state index contributed by atoms with van der Waals surface area (Å²) in [5.74, 6) is -0.383. The Balaban J connectivity index is 2.10. The molecule has 0 spiro atoms. The first-order chi connectivity index (χ1) is 10.5. The lowest BCUT2D eigenvalue weighted by Gasteiger charge is -2.20. The van der Waals surface area contributed by atoms with Crippen molar-refractivity contribution >= 4 is 23.2 Å². The zero-order valence-electron chi connectivity index (χ0n) is 13.1. The first-order valence-corrected chi connectivity index (χ1v) is 7.17. The Hall–Kier alpha value is -2.62. The maximum atomic E-state index is 12.2. The van der Waals surface area contributed by atoms with Gasteiger partial charge in [-0.3, -0.25) is 9.59 Å². The van der Waals surface area contributed by atoms with Crippen LogP contribution < -0.4 is 10.2 Å². The van der Waals surface area contributed by atoms with Gasteiger partial charge in [0.25, 0.3) is 0 Å². The number of rotatable bonds is 4. The molecule has 0 aliphatic heterocycles. The van der Waals surface area contributed by atoms with Gasteiger partial charge in [0.15, 0.2) is 0 Å². The molecule has 0 fully saturated rings. The Bertz CT molecular complexity index is 660. The Labute approximate surface area is 130 Å². The molecule has 2 amide bonds. The lowest BCUT2D eigenvalue weighted by Crippen LogP contribution is -2.36. The van der Waals surface area contributed by atoms with Crippen LogP contribution in [-0.2, 0) is 9.59 Å². The van der Waals surface area contributed by atoms with E-state index in [0.29, 0.717) is 5.69 Å². The highest BCUT2D eigenvalue weighted by Gasteiger charge is 2.15. The molecule has 4 heteroatoms. The van der Waals surface area contributed by atoms with Gasteiger partial charge < -0.3 is 10.2 Å². The Morgan fingerprint density at radius 3 is 2.14 bits per heavy atom. The molecule has 0 aromatic heterocycles. The van der Waals surface area contributed by atoms with Crippen LogP contribution in [0.5, 0.6) is 0 Å². The first kappa shape index (κ1) is 15.8. The van der Waals surface area contributed by atoms with Gasteiger partial charge in [-0.25, -0.2) is 0 Å². The number of para-hydroxylation sites is 1. The molecule has 0 atom stereocenters. The number of aryl methyl sites for hydroxylation is 2. The molecule has 1 N–H and O–H groups in total. The van der Waals surface area contributed by atoms with E-state index in [4.69, 9.17) is 0 Å². The first-order valence-electron chi connectivity index (χ1n) is 7.17. The maximum absolute atomic E-state index is 12.2. The second-order valence-corrected chi connectivity index (χ2v) is 5.37. The summed E-state index contributed by atoms with van der Waals surface area (Å²) in [5.41, 5.74) is 3.63. The normalized spacial score (nSPS) is 10.1. The quantitative estimate of drug-likeness (QED) is 0.941. The molecule has 0 saturated heterocycles. The second kappa shape index (κ2) is 6.89. The van der Waals surface area contributed by atoms with Crippen LogP contribution in [0.2, 0.25) is 0 Å². The minimum atomic E-state index is -0.218. The topological polar surface area (TPSA) is 49.4 Å². The largest absolute Gasteiger partial charge is 0.325 e. The molecule has 0 aliphatic carbocycles. The van der Waals surface area contributed by atoms with Gasteiger partial charge in [-0.05, 0) is 49.2 Å². The molecule has 114 valence electrons. The molecular formula is C18H20N2O2. The predicted molar refractivity (Wildman–Crippen MR) is 89.0 cm³/mol. The highest BCUT2D eigenvalue weighted by atomic mass is 16.2. The van der Waals surface area contributed by atoms with Crippen molar-refractivity contribution < 1.29 is 9.59 Å². The summed E-state index contributed by atoms with van der Waals surface area (Å²) in [7, 11) is 0. The highest BCUT2D eigenvalue weighted by Crippen LogP contribution is 2.16. The lowest BCUT2D eigenvalue weighted by atomic mass is 10.1. The van der Waals surface area contributed by atoms with Crippen molar-refractivity contribution in [1.29, 1.82) is 0 Å². The van der Waals surface area contributed by atoms with E-state index in [1.807, 2.05) is 62.4 Å². The van der Waals surface area contributed by atoms with Gasteiger partial charge in [0.2, 0.25) is 11.8 Å². The number of nitrogens with zero attached hydrogens (tertiary/aromatic N) is 1. The van der Waals surface area contributed by atoms with Crippen LogP contribution in [0.3, 0.4) is 0 Å². The second-order valence-electron chi connectivity index (χ2n) is 5.37. The van der Waals surface area contributed by atoms with E-state index in [2.05, 4.69) is 5.32 Å². The summed E-state index contributed by atoms with van der Waals surface area (Å²) in [6.45, 7) is 5.41. The maximum Gasteiger partial charge on any atom is 0.244 e. The molecule has 2 aromatic rings. The smallest absolute Gasteiger partial charge is 0.244 e. The van der Waals surface area contributed by atoms with Gasteiger partial charge in [-0.15, -0.1) is 0 Å². The summed E-state index contributed by atoms with van der Waals surface area (Å²) in [4.78, 5) is 25.5. The highest BCUT2D eigenvalue weighted by molar-refractivity contribution is 6.01. The van der Waals surface area contributed by atoms with E-state index in [0.717, 1.165) is 16.8 Å². The number of amides is 2. The monoisotopic (exact) mass is 296 g/mol. The fourth-order valence-corrected chi connectivity index (χ4v) is 2.38. The van der Waals surface area contributed by atoms with Gasteiger partial charge >= 0.3 is 0 Å². The van der Waals surface area contributed by atoms with Crippen LogP contribution in [0.4, 0.5) is 11.4 Å². The van der Waals surface area contributed by atoms with Gasteiger partial charge in [0.1, 0.15) is 6.54 Å². The number of hydrogen-bond acceptors (Lipinski definition) is 2. The van der Waals surface area contributed by atoms with Crippen molar-refractivity contribution in [2.45, 2.75) is 20.8 Å². The Morgan fingerprint density at radius 1 is 1.00 bits per heavy atom. The molecule has 0 radical (unpaired) electrons. The van der Waals surface area contributed by atoms with Crippen molar-refractivity contribution in [2.24, 2.45) is 0 Å². The van der Waals surface area contributed by atoms with Gasteiger partial charge in [-0.2, -0.15) is 0 Å². The zero-order valence-corrected chi connectivity index (χ0v) is 13.1. The number of anilines is 2. The van der Waals surface area contributed by atoms with Crippen molar-refractivity contribution in [3.8, 4) is 0 Å². The summed E-state index contributed by atoms with van der Waals surface area (Å²) in [6, 6.07) is 15.0. The van der Waals surface area contributed by atoms with E-state index in [9.17, 15) is 9.59 Å². The van der Waals surface area contributed by atoms with Crippen LogP contribution in [0, 0.1) is 13.8 Å². The van der Waals surface area contributed by atoms with E-state index < -0.39 is 0 Å². The Morgan fingerprint density at radius 2 is 1.59 bits per heavy atom. The van der Waals surface area contributed by atoms with Crippen molar-refractivity contribution in [1.82, 2.24) is 0 Å². The number of carbonyl (C=O) groups excluding carboxylic acids is 2. The van der Waals surface area contributed by atoms with Crippen LogP contribution in [0.1, 0.15) is 18.1 Å². The molecule has 0 heterocycles. The van der Waals surface area contributed by atoms with Gasteiger partial charge in [0, 0.05) is 18.3 Å². The third kappa shape index (κ3) is 4.19. The summed E-state index contributed by atoms with van der Waals surface area (Å²) >= 11 is 0.